The van der Waals surface area contributed by atoms with Crippen LogP contribution in [0.1, 0.15) is 25.3 Å². The molecule has 2 aromatic rings. The second kappa shape index (κ2) is 3.67. The molecule has 2 rings (SSSR count). The molecule has 0 unspecified atom stereocenters. The van der Waals surface area contributed by atoms with E-state index in [1.807, 2.05) is 12.3 Å². The topological polar surface area (TPSA) is 42.2 Å². The highest BCUT2D eigenvalue weighted by Gasteiger charge is 2.12. The van der Waals surface area contributed by atoms with Gasteiger partial charge in [-0.15, -0.1) is 0 Å². The third-order valence-electron chi connectivity index (χ3n) is 2.84. The molecule has 0 radical (unpaired) electrons. The zero-order valence-electron chi connectivity index (χ0n) is 9.69. The lowest BCUT2D eigenvalue weighted by atomic mass is 9.98. The molecule has 16 heavy (non-hydrogen) atoms. The molecule has 0 atom stereocenters. The van der Waals surface area contributed by atoms with E-state index in [1.165, 1.54) is 4.57 Å². The smallest absolute Gasteiger partial charge is 0.261 e. The molecule has 1 aromatic carbocycles. The first-order chi connectivity index (χ1) is 7.52. The number of hydrogen-bond acceptors (Lipinski definition) is 2. The molecule has 0 bridgehead atoms. The first-order valence-corrected chi connectivity index (χ1v) is 5.33. The molecule has 0 spiro atoms. The Balaban J connectivity index is 3.01. The minimum absolute atomic E-state index is 0.0561. The number of pyridine rings is 1. The Labute approximate surface area is 94.0 Å². The highest BCUT2D eigenvalue weighted by atomic mass is 16.3. The van der Waals surface area contributed by atoms with Crippen LogP contribution < -0.4 is 5.56 Å². The first kappa shape index (κ1) is 10.7. The van der Waals surface area contributed by atoms with Crippen molar-refractivity contribution in [1.82, 2.24) is 4.57 Å². The van der Waals surface area contributed by atoms with E-state index in [2.05, 4.69) is 13.8 Å². The van der Waals surface area contributed by atoms with Crippen LogP contribution in [0.3, 0.4) is 0 Å². The quantitative estimate of drug-likeness (QED) is 0.796. The predicted molar refractivity (Wildman–Crippen MR) is 64.9 cm³/mol. The Morgan fingerprint density at radius 1 is 1.31 bits per heavy atom. The number of phenols is 1. The Bertz CT molecular complexity index is 597. The third-order valence-corrected chi connectivity index (χ3v) is 2.84. The SMILES string of the molecule is CC(C)c1cn(C)c(=O)c2c(O)cccc12. The number of rotatable bonds is 1. The van der Waals surface area contributed by atoms with Crippen LogP contribution in [-0.2, 0) is 7.05 Å². The van der Waals surface area contributed by atoms with E-state index in [0.29, 0.717) is 11.3 Å². The summed E-state index contributed by atoms with van der Waals surface area (Å²) in [5, 5.41) is 11.0. The molecule has 0 saturated heterocycles. The van der Waals surface area contributed by atoms with Gasteiger partial charge in [-0.2, -0.15) is 0 Å². The number of nitrogens with zero attached hydrogens (tertiary/aromatic N) is 1. The van der Waals surface area contributed by atoms with E-state index < -0.39 is 0 Å². The van der Waals surface area contributed by atoms with Crippen LogP contribution in [0, 0.1) is 0 Å². The van der Waals surface area contributed by atoms with Gasteiger partial charge in [0.1, 0.15) is 5.75 Å². The van der Waals surface area contributed by atoms with Crippen LogP contribution >= 0.6 is 0 Å². The van der Waals surface area contributed by atoms with Gasteiger partial charge in [0, 0.05) is 13.2 Å². The van der Waals surface area contributed by atoms with Gasteiger partial charge < -0.3 is 9.67 Å². The van der Waals surface area contributed by atoms with Crippen molar-refractivity contribution in [3.05, 3.63) is 40.3 Å². The van der Waals surface area contributed by atoms with Crippen molar-refractivity contribution in [2.24, 2.45) is 7.05 Å². The summed E-state index contributed by atoms with van der Waals surface area (Å²) >= 11 is 0. The van der Waals surface area contributed by atoms with E-state index >= 15 is 0 Å². The summed E-state index contributed by atoms with van der Waals surface area (Å²) in [6, 6.07) is 5.20. The molecule has 1 aromatic heterocycles. The lowest BCUT2D eigenvalue weighted by Gasteiger charge is -2.12. The first-order valence-electron chi connectivity index (χ1n) is 5.33. The summed E-state index contributed by atoms with van der Waals surface area (Å²) in [5.74, 6) is 0.372. The van der Waals surface area contributed by atoms with Crippen LogP contribution in [0.2, 0.25) is 0 Å². The molecule has 0 aliphatic heterocycles. The molecule has 1 heterocycles. The van der Waals surface area contributed by atoms with Gasteiger partial charge in [-0.05, 0) is 22.9 Å². The minimum atomic E-state index is -0.155. The average molecular weight is 217 g/mol. The number of hydrogen-bond donors (Lipinski definition) is 1. The van der Waals surface area contributed by atoms with Gasteiger partial charge in [-0.1, -0.05) is 26.0 Å². The molecule has 3 nitrogen and oxygen atoms in total. The van der Waals surface area contributed by atoms with Crippen LogP contribution in [0.15, 0.2) is 29.2 Å². The van der Waals surface area contributed by atoms with E-state index in [0.717, 1.165) is 10.9 Å². The van der Waals surface area contributed by atoms with E-state index in [4.69, 9.17) is 0 Å². The van der Waals surface area contributed by atoms with Gasteiger partial charge in [0.05, 0.1) is 5.39 Å². The van der Waals surface area contributed by atoms with Crippen molar-refractivity contribution in [2.45, 2.75) is 19.8 Å². The van der Waals surface area contributed by atoms with E-state index in [-0.39, 0.29) is 11.3 Å². The van der Waals surface area contributed by atoms with Gasteiger partial charge in [0.2, 0.25) is 0 Å². The molecule has 0 saturated carbocycles. The van der Waals surface area contributed by atoms with Crippen molar-refractivity contribution >= 4 is 10.8 Å². The minimum Gasteiger partial charge on any atom is -0.507 e. The highest BCUT2D eigenvalue weighted by molar-refractivity contribution is 5.90. The zero-order valence-corrected chi connectivity index (χ0v) is 9.69. The lowest BCUT2D eigenvalue weighted by Crippen LogP contribution is -2.17. The molecule has 0 amide bonds. The standard InChI is InChI=1S/C13H15NO2/c1-8(2)10-7-14(3)13(16)12-9(10)5-4-6-11(12)15/h4-8,15H,1-3H3. The maximum atomic E-state index is 11.9. The number of benzene rings is 1. The monoisotopic (exact) mass is 217 g/mol. The molecule has 0 aliphatic carbocycles. The summed E-state index contributed by atoms with van der Waals surface area (Å²) in [5.41, 5.74) is 0.922. The van der Waals surface area contributed by atoms with Gasteiger partial charge in [0.15, 0.2) is 0 Å². The molecule has 0 aliphatic rings. The summed E-state index contributed by atoms with van der Waals surface area (Å²) < 4.78 is 1.53. The Morgan fingerprint density at radius 3 is 2.62 bits per heavy atom. The van der Waals surface area contributed by atoms with Crippen LogP contribution in [0.4, 0.5) is 0 Å². The van der Waals surface area contributed by atoms with Crippen molar-refractivity contribution < 1.29 is 5.11 Å². The largest absolute Gasteiger partial charge is 0.507 e. The van der Waals surface area contributed by atoms with Gasteiger partial charge in [-0.3, -0.25) is 4.79 Å². The summed E-state index contributed by atoms with van der Waals surface area (Å²) in [6.07, 6.45) is 1.84. The second-order valence-corrected chi connectivity index (χ2v) is 4.35. The Morgan fingerprint density at radius 2 is 2.00 bits per heavy atom. The average Bonchev–Trinajstić information content (AvgIpc) is 2.22. The van der Waals surface area contributed by atoms with Crippen LogP contribution in [0.25, 0.3) is 10.8 Å². The number of aryl methyl sites for hydroxylation is 1. The maximum Gasteiger partial charge on any atom is 0.261 e. The predicted octanol–water partition coefficient (Wildman–Crippen LogP) is 2.37. The third kappa shape index (κ3) is 1.48. The normalized spacial score (nSPS) is 11.2. The highest BCUT2D eigenvalue weighted by Crippen LogP contribution is 2.27. The van der Waals surface area contributed by atoms with Crippen LogP contribution in [0.5, 0.6) is 5.75 Å². The fourth-order valence-electron chi connectivity index (χ4n) is 1.98. The van der Waals surface area contributed by atoms with Gasteiger partial charge in [-0.25, -0.2) is 0 Å². The summed E-state index contributed by atoms with van der Waals surface area (Å²) in [4.78, 5) is 11.9. The number of aromatic hydroxyl groups is 1. The fourth-order valence-corrected chi connectivity index (χ4v) is 1.98. The molecular formula is C13H15NO2. The summed E-state index contributed by atoms with van der Waals surface area (Å²) in [7, 11) is 1.71. The molecule has 0 fully saturated rings. The van der Waals surface area contributed by atoms with Gasteiger partial charge in [0.25, 0.3) is 5.56 Å². The van der Waals surface area contributed by atoms with E-state index in [9.17, 15) is 9.90 Å². The van der Waals surface area contributed by atoms with Crippen LogP contribution in [-0.4, -0.2) is 9.67 Å². The summed E-state index contributed by atoms with van der Waals surface area (Å²) in [6.45, 7) is 4.15. The molecule has 1 N–H and O–H groups in total. The Hall–Kier alpha value is -1.77. The number of fused-ring (bicyclic) bond motifs is 1. The maximum absolute atomic E-state index is 11.9. The van der Waals surface area contributed by atoms with Crippen molar-refractivity contribution in [2.75, 3.05) is 0 Å². The fraction of sp³-hybridized carbons (Fsp3) is 0.308. The molecule has 3 heteroatoms. The van der Waals surface area contributed by atoms with Gasteiger partial charge >= 0.3 is 0 Å². The van der Waals surface area contributed by atoms with Crippen molar-refractivity contribution in [3.63, 3.8) is 0 Å². The zero-order chi connectivity index (χ0) is 11.9. The number of aromatic nitrogens is 1. The van der Waals surface area contributed by atoms with Crippen molar-refractivity contribution in [3.8, 4) is 5.75 Å². The van der Waals surface area contributed by atoms with E-state index in [1.54, 1.807) is 19.2 Å². The molecule has 84 valence electrons. The lowest BCUT2D eigenvalue weighted by molar-refractivity contribution is 0.481. The number of phenolic OH excluding ortho intramolecular Hbond substituents is 1. The van der Waals surface area contributed by atoms with Crippen molar-refractivity contribution in [1.29, 1.82) is 0 Å². The second-order valence-electron chi connectivity index (χ2n) is 4.35. The Kier molecular flexibility index (Phi) is 2.46. The molecular weight excluding hydrogens is 202 g/mol.